The molecule has 112 valence electrons. The molecule has 0 saturated heterocycles. The van der Waals surface area contributed by atoms with Crippen LogP contribution in [0.5, 0.6) is 0 Å². The first-order valence-electron chi connectivity index (χ1n) is 5.78. The predicted octanol–water partition coefficient (Wildman–Crippen LogP) is 1.62. The first-order chi connectivity index (χ1) is 9.27. The van der Waals surface area contributed by atoms with Gasteiger partial charge >= 0.3 is 5.97 Å². The van der Waals surface area contributed by atoms with Gasteiger partial charge in [-0.2, -0.15) is 16.5 Å². The van der Waals surface area contributed by atoms with Crippen molar-refractivity contribution in [2.75, 3.05) is 12.0 Å². The Kier molecular flexibility index (Phi) is 5.97. The molecule has 0 radical (unpaired) electrons. The molecule has 1 atom stereocenters. The van der Waals surface area contributed by atoms with E-state index in [1.54, 1.807) is 6.26 Å². The van der Waals surface area contributed by atoms with E-state index in [0.717, 1.165) is 6.07 Å². The summed E-state index contributed by atoms with van der Waals surface area (Å²) < 4.78 is 39.5. The van der Waals surface area contributed by atoms with Crippen molar-refractivity contribution < 1.29 is 22.7 Å². The maximum atomic E-state index is 13.4. The van der Waals surface area contributed by atoms with Crippen LogP contribution >= 0.6 is 11.8 Å². The summed E-state index contributed by atoms with van der Waals surface area (Å²) in [5.41, 5.74) is 0.320. The molecule has 0 amide bonds. The van der Waals surface area contributed by atoms with Crippen LogP contribution in [0.2, 0.25) is 0 Å². The molecule has 0 aromatic heterocycles. The lowest BCUT2D eigenvalue weighted by atomic mass is 10.2. The number of carbonyl (C=O) groups is 1. The molecule has 1 aromatic rings. The van der Waals surface area contributed by atoms with E-state index in [-0.39, 0.29) is 11.3 Å². The molecule has 0 saturated carbocycles. The van der Waals surface area contributed by atoms with Crippen molar-refractivity contribution in [2.24, 2.45) is 0 Å². The van der Waals surface area contributed by atoms with Crippen LogP contribution in [0, 0.1) is 12.7 Å². The molecule has 20 heavy (non-hydrogen) atoms. The zero-order chi connectivity index (χ0) is 15.3. The number of benzene rings is 1. The summed E-state index contributed by atoms with van der Waals surface area (Å²) in [5, 5.41) is 9.00. The molecule has 0 heterocycles. The molecule has 1 rings (SSSR count). The van der Waals surface area contributed by atoms with Gasteiger partial charge in [0.25, 0.3) is 0 Å². The number of nitrogens with one attached hydrogen (secondary N) is 1. The van der Waals surface area contributed by atoms with Gasteiger partial charge in [0.2, 0.25) is 10.0 Å². The van der Waals surface area contributed by atoms with Crippen molar-refractivity contribution in [2.45, 2.75) is 24.3 Å². The van der Waals surface area contributed by atoms with Crippen LogP contribution in [0.1, 0.15) is 12.0 Å². The van der Waals surface area contributed by atoms with Crippen molar-refractivity contribution in [3.05, 3.63) is 29.6 Å². The van der Waals surface area contributed by atoms with Crippen LogP contribution in [-0.4, -0.2) is 37.5 Å². The number of aryl methyl sites for hydroxylation is 1. The van der Waals surface area contributed by atoms with Gasteiger partial charge in [0.15, 0.2) is 0 Å². The first-order valence-corrected chi connectivity index (χ1v) is 8.66. The van der Waals surface area contributed by atoms with Gasteiger partial charge in [0.1, 0.15) is 11.9 Å². The van der Waals surface area contributed by atoms with E-state index in [2.05, 4.69) is 4.72 Å². The number of thioether (sulfide) groups is 1. The fraction of sp³-hybridized carbons (Fsp3) is 0.417. The van der Waals surface area contributed by atoms with Gasteiger partial charge < -0.3 is 5.11 Å². The third kappa shape index (κ3) is 4.46. The summed E-state index contributed by atoms with van der Waals surface area (Å²) in [7, 11) is -4.05. The predicted molar refractivity (Wildman–Crippen MR) is 75.9 cm³/mol. The minimum absolute atomic E-state index is 0.157. The molecular weight excluding hydrogens is 305 g/mol. The highest BCUT2D eigenvalue weighted by molar-refractivity contribution is 7.98. The quantitative estimate of drug-likeness (QED) is 0.797. The summed E-state index contributed by atoms with van der Waals surface area (Å²) in [5.74, 6) is -1.40. The van der Waals surface area contributed by atoms with Gasteiger partial charge in [-0.1, -0.05) is 6.07 Å². The second-order valence-corrected chi connectivity index (χ2v) is 6.90. The first kappa shape index (κ1) is 16.9. The molecule has 0 bridgehead atoms. The smallest absolute Gasteiger partial charge is 0.321 e. The van der Waals surface area contributed by atoms with E-state index in [0.29, 0.717) is 11.3 Å². The zero-order valence-corrected chi connectivity index (χ0v) is 12.7. The maximum absolute atomic E-state index is 13.4. The van der Waals surface area contributed by atoms with Crippen LogP contribution in [-0.2, 0) is 14.8 Å². The highest BCUT2D eigenvalue weighted by Gasteiger charge is 2.25. The largest absolute Gasteiger partial charge is 0.480 e. The third-order valence-corrected chi connectivity index (χ3v) is 4.77. The number of carboxylic acid groups (broad SMARTS) is 1. The molecule has 2 N–H and O–H groups in total. The van der Waals surface area contributed by atoms with Crippen molar-refractivity contribution in [1.82, 2.24) is 4.72 Å². The molecule has 5 nitrogen and oxygen atoms in total. The van der Waals surface area contributed by atoms with Gasteiger partial charge in [-0.05, 0) is 43.0 Å². The second kappa shape index (κ2) is 7.05. The van der Waals surface area contributed by atoms with E-state index in [4.69, 9.17) is 5.11 Å². The Morgan fingerprint density at radius 2 is 2.15 bits per heavy atom. The van der Waals surface area contributed by atoms with Crippen molar-refractivity contribution >= 4 is 27.8 Å². The van der Waals surface area contributed by atoms with Gasteiger partial charge in [0, 0.05) is 0 Å². The Labute approximate surface area is 121 Å². The number of halogens is 1. The molecule has 0 unspecified atom stereocenters. The van der Waals surface area contributed by atoms with Crippen LogP contribution in [0.15, 0.2) is 23.1 Å². The normalized spacial score (nSPS) is 13.2. The highest BCUT2D eigenvalue weighted by Crippen LogP contribution is 2.15. The number of hydrogen-bond acceptors (Lipinski definition) is 4. The second-order valence-electron chi connectivity index (χ2n) is 4.20. The van der Waals surface area contributed by atoms with Gasteiger partial charge in [-0.3, -0.25) is 4.79 Å². The fourth-order valence-electron chi connectivity index (χ4n) is 1.46. The fourth-order valence-corrected chi connectivity index (χ4v) is 3.17. The lowest BCUT2D eigenvalue weighted by molar-refractivity contribution is -0.139. The highest BCUT2D eigenvalue weighted by atomic mass is 32.2. The molecular formula is C12H16FNO4S2. The summed E-state index contributed by atoms with van der Waals surface area (Å²) in [6.07, 6.45) is 1.95. The topological polar surface area (TPSA) is 83.5 Å². The number of carboxylic acids is 1. The number of aliphatic carboxylic acids is 1. The Hall–Kier alpha value is -1.12. The molecule has 0 fully saturated rings. The Bertz CT molecular complexity index is 589. The van der Waals surface area contributed by atoms with Gasteiger partial charge in [0.05, 0.1) is 4.90 Å². The van der Waals surface area contributed by atoms with Gasteiger partial charge in [-0.25, -0.2) is 12.8 Å². The SMILES string of the molecule is CSCC[C@H](NS(=O)(=O)c1ccc(C)c(F)c1)C(=O)O. The molecule has 0 aliphatic carbocycles. The third-order valence-electron chi connectivity index (χ3n) is 2.66. The Morgan fingerprint density at radius 3 is 2.65 bits per heavy atom. The van der Waals surface area contributed by atoms with Crippen LogP contribution < -0.4 is 4.72 Å². The van der Waals surface area contributed by atoms with Crippen LogP contribution in [0.4, 0.5) is 4.39 Å². The van der Waals surface area contributed by atoms with E-state index in [1.807, 2.05) is 0 Å². The molecule has 1 aromatic carbocycles. The average molecular weight is 321 g/mol. The molecule has 8 heteroatoms. The number of sulfonamides is 1. The van der Waals surface area contributed by atoms with Crippen LogP contribution in [0.25, 0.3) is 0 Å². The lowest BCUT2D eigenvalue weighted by Crippen LogP contribution is -2.41. The number of rotatable bonds is 7. The van der Waals surface area contributed by atoms with E-state index in [9.17, 15) is 17.6 Å². The number of hydrogen-bond donors (Lipinski definition) is 2. The van der Waals surface area contributed by atoms with Crippen molar-refractivity contribution in [3.63, 3.8) is 0 Å². The molecule has 0 aliphatic rings. The maximum Gasteiger partial charge on any atom is 0.321 e. The Morgan fingerprint density at radius 1 is 1.50 bits per heavy atom. The summed E-state index contributed by atoms with van der Waals surface area (Å²) >= 11 is 1.42. The molecule has 0 aliphatic heterocycles. The van der Waals surface area contributed by atoms with Crippen molar-refractivity contribution in [3.8, 4) is 0 Å². The van der Waals surface area contributed by atoms with Crippen molar-refractivity contribution in [1.29, 1.82) is 0 Å². The monoisotopic (exact) mass is 321 g/mol. The average Bonchev–Trinajstić information content (AvgIpc) is 2.37. The lowest BCUT2D eigenvalue weighted by Gasteiger charge is -2.14. The minimum Gasteiger partial charge on any atom is -0.480 e. The van der Waals surface area contributed by atoms with E-state index < -0.39 is 27.9 Å². The van der Waals surface area contributed by atoms with E-state index >= 15 is 0 Å². The molecule has 0 spiro atoms. The van der Waals surface area contributed by atoms with Gasteiger partial charge in [-0.15, -0.1) is 0 Å². The summed E-state index contributed by atoms with van der Waals surface area (Å²) in [4.78, 5) is 10.7. The summed E-state index contributed by atoms with van der Waals surface area (Å²) in [6, 6.07) is 2.23. The standard InChI is InChI=1S/C12H16FNO4S2/c1-8-3-4-9(7-10(8)13)20(17,18)14-11(12(15)16)5-6-19-2/h3-4,7,11,14H,5-6H2,1-2H3,(H,15,16)/t11-/m0/s1. The zero-order valence-electron chi connectivity index (χ0n) is 11.1. The summed E-state index contributed by atoms with van der Waals surface area (Å²) in [6.45, 7) is 1.51. The van der Waals surface area contributed by atoms with E-state index in [1.165, 1.54) is 30.8 Å². The minimum atomic E-state index is -4.05. The Balaban J connectivity index is 2.97. The van der Waals surface area contributed by atoms with Crippen LogP contribution in [0.3, 0.4) is 0 Å².